The maximum atomic E-state index is 12.3. The van der Waals surface area contributed by atoms with E-state index in [9.17, 15) is 4.79 Å². The van der Waals surface area contributed by atoms with Crippen molar-refractivity contribution in [1.82, 2.24) is 14.9 Å². The van der Waals surface area contributed by atoms with Crippen LogP contribution in [0.5, 0.6) is 5.75 Å². The van der Waals surface area contributed by atoms with Gasteiger partial charge in [0.15, 0.2) is 0 Å². The number of methoxy groups -OCH3 is 1. The van der Waals surface area contributed by atoms with Crippen LogP contribution in [0.15, 0.2) is 72.8 Å². The van der Waals surface area contributed by atoms with Crippen molar-refractivity contribution in [3.8, 4) is 5.75 Å². The van der Waals surface area contributed by atoms with E-state index < -0.39 is 0 Å². The Bertz CT molecular complexity index is 1240. The molecule has 35 heavy (non-hydrogen) atoms. The number of hydrogen-bond donors (Lipinski definition) is 1. The van der Waals surface area contributed by atoms with Gasteiger partial charge < -0.3 is 14.6 Å². The number of aromatic nitrogens is 2. The van der Waals surface area contributed by atoms with Gasteiger partial charge in [-0.2, -0.15) is 0 Å². The molecule has 182 valence electrons. The van der Waals surface area contributed by atoms with E-state index in [-0.39, 0.29) is 5.91 Å². The van der Waals surface area contributed by atoms with Crippen LogP contribution in [0.1, 0.15) is 66.3 Å². The summed E-state index contributed by atoms with van der Waals surface area (Å²) >= 11 is 0. The van der Waals surface area contributed by atoms with Crippen molar-refractivity contribution in [3.63, 3.8) is 0 Å². The van der Waals surface area contributed by atoms with Gasteiger partial charge in [0.05, 0.1) is 18.1 Å². The Balaban J connectivity index is 1.31. The minimum Gasteiger partial charge on any atom is -0.497 e. The molecule has 0 spiro atoms. The molecule has 5 heteroatoms. The molecule has 5 nitrogen and oxygen atoms in total. The van der Waals surface area contributed by atoms with Crippen molar-refractivity contribution in [2.75, 3.05) is 13.7 Å². The van der Waals surface area contributed by atoms with E-state index in [0.717, 1.165) is 49.3 Å². The molecule has 1 amide bonds. The van der Waals surface area contributed by atoms with Gasteiger partial charge in [0, 0.05) is 25.1 Å². The number of imidazole rings is 1. The van der Waals surface area contributed by atoms with Gasteiger partial charge >= 0.3 is 0 Å². The summed E-state index contributed by atoms with van der Waals surface area (Å²) in [6.07, 6.45) is 3.94. The second kappa shape index (κ2) is 11.7. The Labute approximate surface area is 208 Å². The number of carbonyl (C=O) groups is 1. The third-order valence-electron chi connectivity index (χ3n) is 6.44. The zero-order valence-corrected chi connectivity index (χ0v) is 21.0. The molecule has 4 rings (SSSR count). The number of unbranched alkanes of at least 4 members (excludes halogenated alkanes) is 2. The largest absolute Gasteiger partial charge is 0.497 e. The first-order valence-electron chi connectivity index (χ1n) is 12.5. The van der Waals surface area contributed by atoms with Gasteiger partial charge in [-0.15, -0.1) is 0 Å². The van der Waals surface area contributed by atoms with E-state index in [0.29, 0.717) is 18.0 Å². The zero-order valence-electron chi connectivity index (χ0n) is 21.0. The van der Waals surface area contributed by atoms with Crippen LogP contribution in [-0.2, 0) is 13.0 Å². The Morgan fingerprint density at radius 2 is 1.69 bits per heavy atom. The fourth-order valence-electron chi connectivity index (χ4n) is 4.31. The van der Waals surface area contributed by atoms with Crippen molar-refractivity contribution in [2.24, 2.45) is 0 Å². The average molecular weight is 470 g/mol. The molecule has 0 saturated heterocycles. The maximum absolute atomic E-state index is 12.3. The highest BCUT2D eigenvalue weighted by Crippen LogP contribution is 2.21. The van der Waals surface area contributed by atoms with Crippen LogP contribution in [0.25, 0.3) is 11.0 Å². The smallest absolute Gasteiger partial charge is 0.251 e. The number of benzene rings is 3. The Morgan fingerprint density at radius 3 is 2.40 bits per heavy atom. The molecule has 3 aromatic carbocycles. The van der Waals surface area contributed by atoms with Crippen molar-refractivity contribution in [1.29, 1.82) is 0 Å². The molecule has 0 aliphatic heterocycles. The van der Waals surface area contributed by atoms with Crippen molar-refractivity contribution in [3.05, 3.63) is 95.3 Å². The highest BCUT2D eigenvalue weighted by Gasteiger charge is 2.11. The number of carbonyl (C=O) groups excluding carboxylic acids is 1. The van der Waals surface area contributed by atoms with Gasteiger partial charge in [-0.1, -0.05) is 56.7 Å². The molecule has 1 N–H and O–H groups in total. The fraction of sp³-hybridized carbons (Fsp3) is 0.333. The summed E-state index contributed by atoms with van der Waals surface area (Å²) in [5, 5.41) is 3.01. The second-order valence-corrected chi connectivity index (χ2v) is 9.29. The predicted octanol–water partition coefficient (Wildman–Crippen LogP) is 6.36. The average Bonchev–Trinajstić information content (AvgIpc) is 3.23. The number of fused-ring (bicyclic) bond motifs is 1. The summed E-state index contributed by atoms with van der Waals surface area (Å²) in [7, 11) is 1.62. The summed E-state index contributed by atoms with van der Waals surface area (Å²) in [4.78, 5) is 17.2. The molecule has 4 aromatic rings. The first-order chi connectivity index (χ1) is 17.0. The predicted molar refractivity (Wildman–Crippen MR) is 142 cm³/mol. The van der Waals surface area contributed by atoms with E-state index in [1.807, 2.05) is 6.07 Å². The van der Waals surface area contributed by atoms with E-state index >= 15 is 0 Å². The lowest BCUT2D eigenvalue weighted by Crippen LogP contribution is -2.24. The lowest BCUT2D eigenvalue weighted by molar-refractivity contribution is 0.0953. The van der Waals surface area contributed by atoms with Crippen molar-refractivity contribution in [2.45, 2.75) is 52.0 Å². The molecule has 0 radical (unpaired) electrons. The van der Waals surface area contributed by atoms with Crippen LogP contribution in [-0.4, -0.2) is 29.1 Å². The van der Waals surface area contributed by atoms with Crippen LogP contribution in [0.3, 0.4) is 0 Å². The Morgan fingerprint density at radius 1 is 0.943 bits per heavy atom. The molecule has 1 aromatic heterocycles. The van der Waals surface area contributed by atoms with Crippen LogP contribution < -0.4 is 10.1 Å². The molecule has 0 atom stereocenters. The third kappa shape index (κ3) is 6.30. The Hall–Kier alpha value is -3.60. The van der Waals surface area contributed by atoms with Crippen molar-refractivity contribution < 1.29 is 9.53 Å². The third-order valence-corrected chi connectivity index (χ3v) is 6.44. The molecule has 0 fully saturated rings. The lowest BCUT2D eigenvalue weighted by Gasteiger charge is -2.11. The monoisotopic (exact) mass is 469 g/mol. The van der Waals surface area contributed by atoms with E-state index in [1.54, 1.807) is 31.4 Å². The van der Waals surface area contributed by atoms with Gasteiger partial charge in [-0.3, -0.25) is 4.79 Å². The number of amides is 1. The minimum absolute atomic E-state index is 0.0436. The summed E-state index contributed by atoms with van der Waals surface area (Å²) in [5.41, 5.74) is 5.54. The summed E-state index contributed by atoms with van der Waals surface area (Å²) in [6.45, 7) is 5.94. The fourth-order valence-corrected chi connectivity index (χ4v) is 4.31. The first-order valence-corrected chi connectivity index (χ1v) is 12.5. The molecule has 0 saturated carbocycles. The van der Waals surface area contributed by atoms with Crippen molar-refractivity contribution >= 4 is 16.9 Å². The molecular weight excluding hydrogens is 434 g/mol. The number of rotatable bonds is 11. The number of nitrogens with one attached hydrogen (secondary N) is 1. The van der Waals surface area contributed by atoms with E-state index in [2.05, 4.69) is 66.2 Å². The zero-order chi connectivity index (χ0) is 24.6. The summed E-state index contributed by atoms with van der Waals surface area (Å²) < 4.78 is 7.50. The standard InChI is InChI=1S/C30H35N3O2/c1-22(2)24-14-12-23(13-15-24)21-33-28-10-7-6-9-27(28)32-29(33)11-5-4-8-20-31-30(34)25-16-18-26(35-3)19-17-25/h6-7,9-10,12-19,22H,4-5,8,11,20-21H2,1-3H3,(H,31,34). The van der Waals surface area contributed by atoms with Gasteiger partial charge in [0.25, 0.3) is 5.91 Å². The highest BCUT2D eigenvalue weighted by molar-refractivity contribution is 5.94. The number of ether oxygens (including phenoxy) is 1. The van der Waals surface area contributed by atoms with Crippen LogP contribution in [0.2, 0.25) is 0 Å². The molecule has 1 heterocycles. The number of para-hydroxylation sites is 2. The molecule has 0 bridgehead atoms. The van der Waals surface area contributed by atoms with Gasteiger partial charge in [-0.25, -0.2) is 4.98 Å². The number of hydrogen-bond acceptors (Lipinski definition) is 3. The lowest BCUT2D eigenvalue weighted by atomic mass is 10.0. The topological polar surface area (TPSA) is 56.1 Å². The van der Waals surface area contributed by atoms with Gasteiger partial charge in [-0.05, 0) is 66.3 Å². The SMILES string of the molecule is COc1ccc(C(=O)NCCCCCc2nc3ccccc3n2Cc2ccc(C(C)C)cc2)cc1. The minimum atomic E-state index is -0.0436. The number of nitrogens with zero attached hydrogens (tertiary/aromatic N) is 2. The Kier molecular flexibility index (Phi) is 8.19. The van der Waals surface area contributed by atoms with Crippen LogP contribution in [0, 0.1) is 0 Å². The number of aryl methyl sites for hydroxylation is 1. The summed E-state index contributed by atoms with van der Waals surface area (Å²) in [5.74, 6) is 2.37. The normalized spacial score (nSPS) is 11.2. The second-order valence-electron chi connectivity index (χ2n) is 9.29. The van der Waals surface area contributed by atoms with Gasteiger partial charge in [0.2, 0.25) is 0 Å². The highest BCUT2D eigenvalue weighted by atomic mass is 16.5. The quantitative estimate of drug-likeness (QED) is 0.260. The maximum Gasteiger partial charge on any atom is 0.251 e. The molecule has 0 aliphatic carbocycles. The van der Waals surface area contributed by atoms with E-state index in [1.165, 1.54) is 16.6 Å². The first kappa shape index (κ1) is 24.5. The van der Waals surface area contributed by atoms with Gasteiger partial charge in [0.1, 0.15) is 11.6 Å². The molecular formula is C30H35N3O2. The summed E-state index contributed by atoms with van der Waals surface area (Å²) in [6, 6.07) is 24.5. The molecule has 0 aliphatic rings. The van der Waals surface area contributed by atoms with Crippen LogP contribution in [0.4, 0.5) is 0 Å². The van der Waals surface area contributed by atoms with E-state index in [4.69, 9.17) is 9.72 Å². The van der Waals surface area contributed by atoms with Crippen LogP contribution >= 0.6 is 0 Å². The molecule has 0 unspecified atom stereocenters.